The van der Waals surface area contributed by atoms with Crippen LogP contribution in [0.3, 0.4) is 0 Å². The molecule has 2 heterocycles. The lowest BCUT2D eigenvalue weighted by Gasteiger charge is -2.30. The van der Waals surface area contributed by atoms with Crippen LogP contribution >= 0.6 is 35.3 Å². The van der Waals surface area contributed by atoms with Crippen LogP contribution in [0.4, 0.5) is 0 Å². The van der Waals surface area contributed by atoms with Gasteiger partial charge in [0.1, 0.15) is 3.41 Å². The predicted octanol–water partition coefficient (Wildman–Crippen LogP) is 9.89. The summed E-state index contributed by atoms with van der Waals surface area (Å²) in [4.78, 5) is 7.40. The van der Waals surface area contributed by atoms with Gasteiger partial charge in [0, 0.05) is 27.1 Å². The lowest BCUT2D eigenvalue weighted by Crippen LogP contribution is -2.14. The number of rotatable bonds is 4. The van der Waals surface area contributed by atoms with Gasteiger partial charge in [-0.1, -0.05) is 108 Å². The number of allylic oxidation sites excluding steroid dienone is 1. The maximum absolute atomic E-state index is 4.69. The summed E-state index contributed by atoms with van der Waals surface area (Å²) in [7, 11) is 0. The Bertz CT molecular complexity index is 1500. The van der Waals surface area contributed by atoms with Crippen LogP contribution in [0.2, 0.25) is 0 Å². The summed E-state index contributed by atoms with van der Waals surface area (Å²) in [5, 5.41) is 6.25. The minimum Gasteiger partial charge on any atom is -0.250 e. The average Bonchev–Trinajstić information content (AvgIpc) is 3.01. The fourth-order valence-corrected chi connectivity index (χ4v) is 9.82. The van der Waals surface area contributed by atoms with E-state index in [-0.39, 0.29) is 3.41 Å². The zero-order valence-electron chi connectivity index (χ0n) is 19.7. The number of benzene rings is 4. The molecule has 1 aliphatic rings. The van der Waals surface area contributed by atoms with Gasteiger partial charge >= 0.3 is 0 Å². The van der Waals surface area contributed by atoms with E-state index in [1.165, 1.54) is 53.6 Å². The molecular formula is C31H25NS3. The molecular weight excluding hydrogens is 483 g/mol. The fourth-order valence-electron chi connectivity index (χ4n) is 4.94. The number of aromatic nitrogens is 1. The van der Waals surface area contributed by atoms with E-state index in [4.69, 9.17) is 0 Å². The molecule has 0 saturated heterocycles. The van der Waals surface area contributed by atoms with E-state index in [2.05, 4.69) is 104 Å². The Morgan fingerprint density at radius 1 is 0.800 bits per heavy atom. The quantitative estimate of drug-likeness (QED) is 0.224. The molecule has 0 amide bonds. The van der Waals surface area contributed by atoms with Gasteiger partial charge in [0.05, 0.1) is 5.03 Å². The molecule has 5 aromatic rings. The van der Waals surface area contributed by atoms with Gasteiger partial charge in [-0.2, -0.15) is 0 Å². The lowest BCUT2D eigenvalue weighted by atomic mass is 9.91. The number of thioether (sulfide) groups is 3. The number of hydrogen-bond acceptors (Lipinski definition) is 4. The third kappa shape index (κ3) is 3.98. The molecule has 0 fully saturated rings. The van der Waals surface area contributed by atoms with E-state index in [1.807, 2.05) is 47.5 Å². The van der Waals surface area contributed by atoms with Crippen molar-refractivity contribution in [2.24, 2.45) is 0 Å². The van der Waals surface area contributed by atoms with Crippen molar-refractivity contribution in [3.63, 3.8) is 0 Å². The zero-order chi connectivity index (χ0) is 24.0. The van der Waals surface area contributed by atoms with Gasteiger partial charge in [-0.3, -0.25) is 0 Å². The summed E-state index contributed by atoms with van der Waals surface area (Å²) >= 11 is 5.80. The highest BCUT2D eigenvalue weighted by molar-refractivity contribution is 8.34. The summed E-state index contributed by atoms with van der Waals surface area (Å²) in [5.74, 6) is 0. The van der Waals surface area contributed by atoms with E-state index in [0.29, 0.717) is 0 Å². The maximum atomic E-state index is 4.69. The van der Waals surface area contributed by atoms with Crippen LogP contribution in [-0.4, -0.2) is 8.40 Å². The van der Waals surface area contributed by atoms with Crippen molar-refractivity contribution in [2.75, 3.05) is 0 Å². The van der Waals surface area contributed by atoms with Crippen LogP contribution in [0.25, 0.3) is 32.7 Å². The first-order valence-corrected chi connectivity index (χ1v) is 14.2. The van der Waals surface area contributed by atoms with Crippen molar-refractivity contribution >= 4 is 56.8 Å². The number of pyridine rings is 1. The van der Waals surface area contributed by atoms with Crippen molar-refractivity contribution in [2.45, 2.75) is 38.5 Å². The monoisotopic (exact) mass is 507 g/mol. The van der Waals surface area contributed by atoms with Crippen LogP contribution in [0.15, 0.2) is 113 Å². The van der Waals surface area contributed by atoms with Gasteiger partial charge in [0.2, 0.25) is 0 Å². The van der Waals surface area contributed by atoms with Gasteiger partial charge in [-0.15, -0.1) is 6.58 Å². The molecule has 172 valence electrons. The highest BCUT2D eigenvalue weighted by Crippen LogP contribution is 2.64. The van der Waals surface area contributed by atoms with Gasteiger partial charge in [0.25, 0.3) is 0 Å². The van der Waals surface area contributed by atoms with Gasteiger partial charge in [-0.05, 0) is 65.1 Å². The van der Waals surface area contributed by atoms with E-state index in [0.717, 1.165) is 11.4 Å². The van der Waals surface area contributed by atoms with Gasteiger partial charge in [-0.25, -0.2) is 4.98 Å². The van der Waals surface area contributed by atoms with Crippen molar-refractivity contribution in [3.05, 3.63) is 109 Å². The van der Waals surface area contributed by atoms with Gasteiger partial charge in [0.15, 0.2) is 0 Å². The lowest BCUT2D eigenvalue weighted by molar-refractivity contribution is 1.08. The second-order valence-electron chi connectivity index (χ2n) is 8.89. The molecule has 0 unspecified atom stereocenters. The van der Waals surface area contributed by atoms with Crippen molar-refractivity contribution in [1.82, 2.24) is 4.98 Å². The van der Waals surface area contributed by atoms with E-state index in [9.17, 15) is 0 Å². The average molecular weight is 508 g/mol. The second-order valence-corrected chi connectivity index (χ2v) is 13.6. The normalized spacial score (nSPS) is 14.3. The maximum Gasteiger partial charge on any atom is 0.125 e. The Morgan fingerprint density at radius 2 is 1.34 bits per heavy atom. The molecule has 4 heteroatoms. The summed E-state index contributed by atoms with van der Waals surface area (Å²) < 4.78 is -0.226. The summed E-state index contributed by atoms with van der Waals surface area (Å²) in [6.45, 7) is 8.69. The van der Waals surface area contributed by atoms with Crippen LogP contribution in [0.5, 0.6) is 0 Å². The molecule has 0 radical (unpaired) electrons. The van der Waals surface area contributed by atoms with E-state index in [1.54, 1.807) is 0 Å². The topological polar surface area (TPSA) is 12.9 Å². The number of hydrogen-bond donors (Lipinski definition) is 0. The van der Waals surface area contributed by atoms with Gasteiger partial charge < -0.3 is 0 Å². The smallest absolute Gasteiger partial charge is 0.125 e. The molecule has 0 spiro atoms. The molecule has 35 heavy (non-hydrogen) atoms. The van der Waals surface area contributed by atoms with E-state index >= 15 is 0 Å². The first kappa shape index (κ1) is 22.8. The minimum atomic E-state index is -0.226. The Kier molecular flexibility index (Phi) is 5.92. The van der Waals surface area contributed by atoms with Crippen LogP contribution in [0.1, 0.15) is 17.5 Å². The molecule has 0 N–H and O–H groups in total. The number of fused-ring (bicyclic) bond motifs is 7. The third-order valence-electron chi connectivity index (χ3n) is 6.43. The van der Waals surface area contributed by atoms with Crippen LogP contribution in [-0.2, 0) is 0 Å². The van der Waals surface area contributed by atoms with Crippen molar-refractivity contribution in [1.29, 1.82) is 0 Å². The highest BCUT2D eigenvalue weighted by Gasteiger charge is 2.40. The first-order chi connectivity index (χ1) is 17.1. The first-order valence-electron chi connectivity index (χ1n) is 11.7. The molecule has 0 atom stereocenters. The molecule has 1 aromatic heterocycles. The van der Waals surface area contributed by atoms with Crippen LogP contribution in [0, 0.1) is 13.8 Å². The fraction of sp³-hybridized carbons (Fsp3) is 0.129. The minimum absolute atomic E-state index is 0.226. The summed E-state index contributed by atoms with van der Waals surface area (Å²) in [6.07, 6.45) is 4.80. The second kappa shape index (κ2) is 9.09. The third-order valence-corrected chi connectivity index (χ3v) is 11.3. The Labute approximate surface area is 219 Å². The SMILES string of the molecule is C=CCC1(Sc2ccccn2)Sc2c(C)cc3ccccc3c2-c2c(c(C)cc3ccccc23)S1. The largest absolute Gasteiger partial charge is 0.250 e. The standard InChI is InChI=1S/C31H25NS3/c1-4-16-31(33-26-15-9-10-17-32-26)34-29-20(2)18-22-11-5-7-13-24(22)27(29)28-25-14-8-6-12-23(25)19-21(3)30(28)35-31/h4-15,17-19H,1,16H2,2-3H3. The number of nitrogens with zero attached hydrogens (tertiary/aromatic N) is 1. The Balaban J connectivity index is 1.74. The molecule has 4 aromatic carbocycles. The van der Waals surface area contributed by atoms with E-state index < -0.39 is 0 Å². The zero-order valence-corrected chi connectivity index (χ0v) is 22.2. The Morgan fingerprint density at radius 3 is 1.86 bits per heavy atom. The summed E-state index contributed by atoms with van der Waals surface area (Å²) in [6, 6.07) is 28.5. The Hall–Kier alpha value is -2.66. The molecule has 1 nitrogen and oxygen atoms in total. The molecule has 0 aliphatic carbocycles. The molecule has 6 rings (SSSR count). The molecule has 1 aliphatic heterocycles. The predicted molar refractivity (Wildman–Crippen MR) is 156 cm³/mol. The number of aryl methyl sites for hydroxylation is 2. The molecule has 0 saturated carbocycles. The van der Waals surface area contributed by atoms with Crippen LogP contribution < -0.4 is 0 Å². The molecule has 0 bridgehead atoms. The highest BCUT2D eigenvalue weighted by atomic mass is 32.3. The van der Waals surface area contributed by atoms with Crippen molar-refractivity contribution < 1.29 is 0 Å². The summed E-state index contributed by atoms with van der Waals surface area (Å²) in [5.41, 5.74) is 5.36. The van der Waals surface area contributed by atoms with Crippen molar-refractivity contribution in [3.8, 4) is 11.1 Å².